The number of aromatic amines is 1. The van der Waals surface area contributed by atoms with Crippen LogP contribution >= 0.6 is 0 Å². The fraction of sp³-hybridized carbons (Fsp3) is 0.0968. The molecule has 0 aliphatic heterocycles. The van der Waals surface area contributed by atoms with Crippen LogP contribution in [0.25, 0.3) is 44.3 Å². The Morgan fingerprint density at radius 1 is 0.927 bits per heavy atom. The summed E-state index contributed by atoms with van der Waals surface area (Å²) in [5, 5.41) is 12.6. The Morgan fingerprint density at radius 2 is 1.85 bits per heavy atom. The number of hydrogen-bond acceptors (Lipinski definition) is 7. The third-order valence-electron chi connectivity index (χ3n) is 6.91. The maximum absolute atomic E-state index is 14.2. The number of nitrogens with zero attached hydrogens (tertiary/aromatic N) is 5. The second-order valence-corrected chi connectivity index (χ2v) is 9.64. The first kappa shape index (κ1) is 24.5. The molecule has 0 aliphatic carbocycles. The number of aryl methyl sites for hydroxylation is 2. The Hall–Kier alpha value is -5.51. The van der Waals surface area contributed by atoms with Gasteiger partial charge in [0.15, 0.2) is 11.5 Å². The first-order valence-corrected chi connectivity index (χ1v) is 13.1. The molecule has 0 saturated carbocycles. The molecule has 7 rings (SSSR count). The van der Waals surface area contributed by atoms with E-state index in [1.165, 1.54) is 12.3 Å². The number of aromatic nitrogens is 6. The molecule has 0 saturated heterocycles. The third kappa shape index (κ3) is 4.87. The molecule has 2 N–H and O–H groups in total. The second kappa shape index (κ2) is 10.2. The Labute approximate surface area is 232 Å². The fourth-order valence-corrected chi connectivity index (χ4v) is 4.90. The van der Waals surface area contributed by atoms with E-state index in [9.17, 15) is 9.18 Å². The van der Waals surface area contributed by atoms with Gasteiger partial charge in [0.25, 0.3) is 5.91 Å². The van der Waals surface area contributed by atoms with Gasteiger partial charge in [-0.3, -0.25) is 4.79 Å². The van der Waals surface area contributed by atoms with Crippen molar-refractivity contribution in [1.29, 1.82) is 0 Å². The summed E-state index contributed by atoms with van der Waals surface area (Å²) in [5.74, 6) is 0.260. The largest absolute Gasteiger partial charge is 0.444 e. The molecule has 0 atom stereocenters. The smallest absolute Gasteiger partial charge is 0.273 e. The molecule has 4 heterocycles. The van der Waals surface area contributed by atoms with Crippen LogP contribution in [0.4, 0.5) is 4.39 Å². The number of amides is 1. The van der Waals surface area contributed by atoms with E-state index in [1.807, 2.05) is 42.5 Å². The van der Waals surface area contributed by atoms with Crippen LogP contribution in [0.1, 0.15) is 27.6 Å². The van der Waals surface area contributed by atoms with Gasteiger partial charge in [0.1, 0.15) is 17.6 Å². The van der Waals surface area contributed by atoms with E-state index >= 15 is 0 Å². The number of benzene rings is 3. The maximum Gasteiger partial charge on any atom is 0.273 e. The summed E-state index contributed by atoms with van der Waals surface area (Å²) in [6.45, 7) is 0.220. The Balaban J connectivity index is 1.22. The van der Waals surface area contributed by atoms with Crippen molar-refractivity contribution in [2.24, 2.45) is 0 Å². The quantitative estimate of drug-likeness (QED) is 0.252. The van der Waals surface area contributed by atoms with Crippen LogP contribution in [0.2, 0.25) is 0 Å². The molecule has 0 bridgehead atoms. The second-order valence-electron chi connectivity index (χ2n) is 9.64. The molecule has 9 nitrogen and oxygen atoms in total. The standard InChI is InChI=1S/C31H22FN7O2/c32-23-7-3-9-25-29(23)38-28(36-25)11-10-18-13-20(15-26-22(18)14-19-5-1-2-8-24(19)35-26)31-37-27(17-41-31)30(40)33-16-21-6-4-12-34-39-21/h1-9,12-15,17H,10-11,16H2,(H,33,40)(H,36,38). The Morgan fingerprint density at radius 3 is 2.73 bits per heavy atom. The number of hydrogen-bond donors (Lipinski definition) is 2. The van der Waals surface area contributed by atoms with Crippen LogP contribution in [0.15, 0.2) is 89.7 Å². The molecule has 41 heavy (non-hydrogen) atoms. The number of para-hydroxylation sites is 2. The zero-order valence-corrected chi connectivity index (χ0v) is 21.6. The number of oxazole rings is 1. The summed E-state index contributed by atoms with van der Waals surface area (Å²) in [7, 11) is 0. The highest BCUT2D eigenvalue weighted by molar-refractivity contribution is 5.96. The van der Waals surface area contributed by atoms with Crippen molar-refractivity contribution in [1.82, 2.24) is 35.5 Å². The van der Waals surface area contributed by atoms with Crippen molar-refractivity contribution in [3.63, 3.8) is 0 Å². The molecule has 0 spiro atoms. The number of halogens is 1. The van der Waals surface area contributed by atoms with Crippen molar-refractivity contribution in [3.05, 3.63) is 114 Å². The summed E-state index contributed by atoms with van der Waals surface area (Å²) < 4.78 is 20.0. The molecule has 0 aliphatic rings. The highest BCUT2D eigenvalue weighted by Gasteiger charge is 2.17. The van der Waals surface area contributed by atoms with Crippen molar-refractivity contribution in [2.45, 2.75) is 19.4 Å². The average molecular weight is 544 g/mol. The molecule has 1 amide bonds. The van der Waals surface area contributed by atoms with E-state index in [4.69, 9.17) is 9.40 Å². The van der Waals surface area contributed by atoms with E-state index in [1.54, 1.807) is 24.4 Å². The van der Waals surface area contributed by atoms with Crippen molar-refractivity contribution in [3.8, 4) is 11.5 Å². The predicted molar refractivity (Wildman–Crippen MR) is 151 cm³/mol. The van der Waals surface area contributed by atoms with Crippen molar-refractivity contribution < 1.29 is 13.6 Å². The lowest BCUT2D eigenvalue weighted by Crippen LogP contribution is -2.23. The summed E-state index contributed by atoms with van der Waals surface area (Å²) in [4.78, 5) is 29.8. The average Bonchev–Trinajstić information content (AvgIpc) is 3.67. The first-order chi connectivity index (χ1) is 20.1. The monoisotopic (exact) mass is 543 g/mol. The SMILES string of the molecule is O=C(NCc1cccnn1)c1coc(-c2cc(CCc3nc4c(F)cccc4[nH]3)c3cc4ccccc4nc3c2)n1. The number of nitrogens with one attached hydrogen (secondary N) is 2. The predicted octanol–water partition coefficient (Wildman–Crippen LogP) is 5.56. The fourth-order valence-electron chi connectivity index (χ4n) is 4.90. The minimum absolute atomic E-state index is 0.154. The summed E-state index contributed by atoms with van der Waals surface area (Å²) in [5.41, 5.74) is 5.12. The third-order valence-corrected chi connectivity index (χ3v) is 6.91. The molecule has 0 unspecified atom stereocenters. The van der Waals surface area contributed by atoms with E-state index in [0.29, 0.717) is 46.8 Å². The summed E-state index contributed by atoms with van der Waals surface area (Å²) in [6.07, 6.45) is 4.07. The van der Waals surface area contributed by atoms with Gasteiger partial charge in [-0.2, -0.15) is 10.2 Å². The summed E-state index contributed by atoms with van der Waals surface area (Å²) >= 11 is 0. The number of H-pyrrole nitrogens is 1. The van der Waals surface area contributed by atoms with Gasteiger partial charge in [-0.15, -0.1) is 0 Å². The van der Waals surface area contributed by atoms with Gasteiger partial charge in [-0.25, -0.2) is 19.3 Å². The van der Waals surface area contributed by atoms with E-state index in [2.05, 4.69) is 36.5 Å². The van der Waals surface area contributed by atoms with Gasteiger partial charge in [-0.05, 0) is 60.5 Å². The molecule has 200 valence electrons. The molecule has 3 aromatic carbocycles. The zero-order chi connectivity index (χ0) is 27.8. The number of carbonyl (C=O) groups excluding carboxylic acids is 1. The molecular weight excluding hydrogens is 521 g/mol. The number of imidazole rings is 1. The van der Waals surface area contributed by atoms with Gasteiger partial charge in [0.2, 0.25) is 5.89 Å². The number of fused-ring (bicyclic) bond motifs is 3. The van der Waals surface area contributed by atoms with Crippen LogP contribution < -0.4 is 5.32 Å². The van der Waals surface area contributed by atoms with Gasteiger partial charge < -0.3 is 14.7 Å². The van der Waals surface area contributed by atoms with Gasteiger partial charge in [0.05, 0.1) is 28.8 Å². The topological polar surface area (TPSA) is 122 Å². The Bertz CT molecular complexity index is 2050. The minimum Gasteiger partial charge on any atom is -0.444 e. The van der Waals surface area contributed by atoms with Crippen LogP contribution in [0.5, 0.6) is 0 Å². The molecule has 7 aromatic rings. The molecule has 0 fully saturated rings. The highest BCUT2D eigenvalue weighted by atomic mass is 19.1. The first-order valence-electron chi connectivity index (χ1n) is 13.1. The molecule has 10 heteroatoms. The van der Waals surface area contributed by atoms with Crippen molar-refractivity contribution >= 4 is 38.7 Å². The highest BCUT2D eigenvalue weighted by Crippen LogP contribution is 2.30. The van der Waals surface area contributed by atoms with Gasteiger partial charge >= 0.3 is 0 Å². The lowest BCUT2D eigenvalue weighted by atomic mass is 9.98. The number of pyridine rings is 1. The van der Waals surface area contributed by atoms with E-state index < -0.39 is 0 Å². The van der Waals surface area contributed by atoms with Gasteiger partial charge in [0, 0.05) is 29.0 Å². The maximum atomic E-state index is 14.2. The van der Waals surface area contributed by atoms with Crippen LogP contribution in [-0.2, 0) is 19.4 Å². The van der Waals surface area contributed by atoms with Crippen molar-refractivity contribution in [2.75, 3.05) is 0 Å². The number of rotatable bonds is 7. The van der Waals surface area contributed by atoms with Crippen LogP contribution in [0, 0.1) is 5.82 Å². The normalized spacial score (nSPS) is 11.4. The zero-order valence-electron chi connectivity index (χ0n) is 21.6. The Kier molecular flexibility index (Phi) is 6.12. The number of carbonyl (C=O) groups is 1. The summed E-state index contributed by atoms with van der Waals surface area (Å²) in [6, 6.07) is 22.4. The molecule has 0 radical (unpaired) electrons. The molecule has 4 aromatic heterocycles. The molecular formula is C31H22FN7O2. The van der Waals surface area contributed by atoms with E-state index in [-0.39, 0.29) is 24.0 Å². The lowest BCUT2D eigenvalue weighted by molar-refractivity contribution is 0.0945. The van der Waals surface area contributed by atoms with Crippen LogP contribution in [0.3, 0.4) is 0 Å². The minimum atomic E-state index is -0.382. The van der Waals surface area contributed by atoms with Gasteiger partial charge in [-0.1, -0.05) is 24.3 Å². The lowest BCUT2D eigenvalue weighted by Gasteiger charge is -2.10. The van der Waals surface area contributed by atoms with Crippen LogP contribution in [-0.4, -0.2) is 36.0 Å². The van der Waals surface area contributed by atoms with E-state index in [0.717, 1.165) is 27.4 Å².